The van der Waals surface area contributed by atoms with Gasteiger partial charge in [0.2, 0.25) is 5.88 Å². The summed E-state index contributed by atoms with van der Waals surface area (Å²) >= 11 is 1.48. The third-order valence-electron chi connectivity index (χ3n) is 6.13. The van der Waals surface area contributed by atoms with E-state index in [0.29, 0.717) is 22.9 Å². The van der Waals surface area contributed by atoms with Gasteiger partial charge >= 0.3 is 0 Å². The molecule has 1 aliphatic rings. The van der Waals surface area contributed by atoms with Crippen LogP contribution in [0.2, 0.25) is 0 Å². The van der Waals surface area contributed by atoms with Crippen molar-refractivity contribution in [3.63, 3.8) is 0 Å². The quantitative estimate of drug-likeness (QED) is 0.280. The summed E-state index contributed by atoms with van der Waals surface area (Å²) < 4.78 is 8.04. The van der Waals surface area contributed by atoms with Gasteiger partial charge in [-0.2, -0.15) is 5.26 Å². The van der Waals surface area contributed by atoms with E-state index in [9.17, 15) is 4.79 Å². The highest BCUT2D eigenvalue weighted by atomic mass is 32.1. The molecule has 0 aliphatic carbocycles. The molecule has 5 rings (SSSR count). The van der Waals surface area contributed by atoms with Crippen LogP contribution in [0.25, 0.3) is 15.9 Å². The first-order chi connectivity index (χ1) is 17.0. The maximum absolute atomic E-state index is 11.0. The average molecular weight is 502 g/mol. The molecule has 1 unspecified atom stereocenters. The fourth-order valence-corrected chi connectivity index (χ4v) is 5.40. The molecule has 4 heterocycles. The topological polar surface area (TPSA) is 84.0 Å². The number of nitriles is 1. The second-order valence-corrected chi connectivity index (χ2v) is 10.1. The number of hydrogen-bond acceptors (Lipinski definition) is 7. The zero-order valence-electron chi connectivity index (χ0n) is 19.3. The Morgan fingerprint density at radius 1 is 1.26 bits per heavy atom. The Labute approximate surface area is 209 Å². The van der Waals surface area contributed by atoms with Crippen LogP contribution in [0, 0.1) is 11.3 Å². The molecule has 0 N–H and O–H groups in total. The number of pyridine rings is 1. The Morgan fingerprint density at radius 2 is 2.14 bits per heavy atom. The van der Waals surface area contributed by atoms with Crippen molar-refractivity contribution >= 4 is 48.1 Å². The van der Waals surface area contributed by atoms with E-state index in [1.54, 1.807) is 6.07 Å². The molecule has 0 amide bonds. The van der Waals surface area contributed by atoms with E-state index in [1.165, 1.54) is 16.9 Å². The van der Waals surface area contributed by atoms with Crippen LogP contribution in [0.15, 0.2) is 48.5 Å². The molecular weight excluding hydrogens is 477 g/mol. The van der Waals surface area contributed by atoms with E-state index in [2.05, 4.69) is 30.9 Å². The third-order valence-corrected chi connectivity index (χ3v) is 7.80. The first-order valence-electron chi connectivity index (χ1n) is 11.2. The van der Waals surface area contributed by atoms with E-state index >= 15 is 0 Å². The van der Waals surface area contributed by atoms with Gasteiger partial charge in [-0.25, -0.2) is 9.97 Å². The first kappa shape index (κ1) is 23.4. The summed E-state index contributed by atoms with van der Waals surface area (Å²) in [6.07, 6.45) is 4.01. The van der Waals surface area contributed by atoms with E-state index < -0.39 is 0 Å². The molecule has 0 spiro atoms. The molecule has 0 fully saturated rings. The van der Waals surface area contributed by atoms with Crippen LogP contribution in [-0.4, -0.2) is 38.8 Å². The molecular formula is C26H24N5O2PS. The number of aryl methyl sites for hydroxylation is 1. The molecule has 0 saturated carbocycles. The fourth-order valence-electron chi connectivity index (χ4n) is 4.15. The van der Waals surface area contributed by atoms with Gasteiger partial charge in [-0.15, -0.1) is 20.6 Å². The number of ether oxygens (including phenoxy) is 1. The van der Waals surface area contributed by atoms with Gasteiger partial charge in [0.15, 0.2) is 6.29 Å². The Bertz CT molecular complexity index is 1480. The number of carbonyl (C=O) groups is 1. The van der Waals surface area contributed by atoms with Gasteiger partial charge in [-0.3, -0.25) is 9.69 Å². The number of aldehydes is 1. The van der Waals surface area contributed by atoms with Gasteiger partial charge in [0.25, 0.3) is 0 Å². The summed E-state index contributed by atoms with van der Waals surface area (Å²) in [5, 5.41) is 9.98. The van der Waals surface area contributed by atoms with Crippen LogP contribution >= 0.6 is 20.6 Å². The van der Waals surface area contributed by atoms with Crippen LogP contribution in [0.3, 0.4) is 0 Å². The number of rotatable bonds is 7. The summed E-state index contributed by atoms with van der Waals surface area (Å²) in [5.41, 5.74) is 4.68. The standard InChI is InChI=1S/C26H24N5O2PS/c1-30-24(28-22-12-20(15-32)35-26(22)30)14-31-9-7-18(8-10-31)21-3-2-4-25(29-21)33-16-19-6-5-17(13-27)11-23(19)34/h2-7,11-12,15H,8-10,14,16,34H2,1H3. The number of thiophene rings is 1. The average Bonchev–Trinajstić information content (AvgIpc) is 3.42. The number of nitrogens with zero attached hydrogens (tertiary/aromatic N) is 5. The summed E-state index contributed by atoms with van der Waals surface area (Å²) in [5.74, 6) is 1.59. The van der Waals surface area contributed by atoms with Gasteiger partial charge in [-0.1, -0.05) is 18.2 Å². The minimum Gasteiger partial charge on any atom is -0.473 e. The lowest BCUT2D eigenvalue weighted by atomic mass is 10.0. The van der Waals surface area contributed by atoms with E-state index in [-0.39, 0.29) is 0 Å². The number of imidazole rings is 1. The molecule has 1 aliphatic heterocycles. The molecule has 4 aromatic rings. The van der Waals surface area contributed by atoms with Crippen molar-refractivity contribution < 1.29 is 9.53 Å². The summed E-state index contributed by atoms with van der Waals surface area (Å²) in [7, 11) is 4.67. The minimum absolute atomic E-state index is 0.392. The number of benzene rings is 1. The molecule has 7 nitrogen and oxygen atoms in total. The zero-order valence-corrected chi connectivity index (χ0v) is 21.2. The van der Waals surface area contributed by atoms with Crippen LogP contribution < -0.4 is 10.0 Å². The van der Waals surface area contributed by atoms with E-state index in [0.717, 1.165) is 65.1 Å². The largest absolute Gasteiger partial charge is 0.473 e. The van der Waals surface area contributed by atoms with E-state index in [4.69, 9.17) is 20.0 Å². The summed E-state index contributed by atoms with van der Waals surface area (Å²) in [6, 6.07) is 15.4. The van der Waals surface area contributed by atoms with Crippen LogP contribution in [-0.2, 0) is 20.2 Å². The molecule has 3 aromatic heterocycles. The third kappa shape index (κ3) is 5.03. The SMILES string of the molecule is Cn1c(CN2CC=C(c3cccc(OCc4ccc(C#N)cc4P)n3)CC2)nc2cc(C=O)sc21. The molecule has 1 atom stereocenters. The Hall–Kier alpha value is -3.37. The Morgan fingerprint density at radius 3 is 2.86 bits per heavy atom. The van der Waals surface area contributed by atoms with Crippen molar-refractivity contribution in [2.24, 2.45) is 7.05 Å². The molecule has 0 bridgehead atoms. The fraction of sp³-hybridized carbons (Fsp3) is 0.231. The number of aromatic nitrogens is 3. The predicted molar refractivity (Wildman–Crippen MR) is 141 cm³/mol. The summed E-state index contributed by atoms with van der Waals surface area (Å²) in [6.45, 7) is 2.89. The summed E-state index contributed by atoms with van der Waals surface area (Å²) in [4.78, 5) is 24.6. The highest BCUT2D eigenvalue weighted by Gasteiger charge is 2.18. The van der Waals surface area contributed by atoms with Crippen molar-refractivity contribution in [3.05, 3.63) is 76.1 Å². The number of fused-ring (bicyclic) bond motifs is 1. The normalized spacial score (nSPS) is 14.0. The molecule has 1 aromatic carbocycles. The number of hydrogen-bond donors (Lipinski definition) is 0. The van der Waals surface area contributed by atoms with Crippen LogP contribution in [0.1, 0.15) is 38.7 Å². The van der Waals surface area contributed by atoms with E-state index in [1.807, 2.05) is 43.4 Å². The highest BCUT2D eigenvalue weighted by molar-refractivity contribution is 7.27. The smallest absolute Gasteiger partial charge is 0.214 e. The van der Waals surface area contributed by atoms with Crippen molar-refractivity contribution in [1.82, 2.24) is 19.4 Å². The monoisotopic (exact) mass is 501 g/mol. The van der Waals surface area contributed by atoms with Crippen molar-refractivity contribution in [3.8, 4) is 11.9 Å². The van der Waals surface area contributed by atoms with Crippen molar-refractivity contribution in [2.45, 2.75) is 19.6 Å². The lowest BCUT2D eigenvalue weighted by Gasteiger charge is -2.25. The Kier molecular flexibility index (Phi) is 6.74. The second kappa shape index (κ2) is 10.1. The van der Waals surface area contributed by atoms with Gasteiger partial charge in [-0.05, 0) is 47.1 Å². The second-order valence-electron chi connectivity index (χ2n) is 8.43. The Balaban J connectivity index is 1.22. The lowest BCUT2D eigenvalue weighted by molar-refractivity contribution is 0.112. The van der Waals surface area contributed by atoms with Gasteiger partial charge < -0.3 is 9.30 Å². The molecule has 176 valence electrons. The molecule has 9 heteroatoms. The first-order valence-corrected chi connectivity index (χ1v) is 12.6. The van der Waals surface area contributed by atoms with Crippen LogP contribution in [0.5, 0.6) is 5.88 Å². The molecule has 35 heavy (non-hydrogen) atoms. The van der Waals surface area contributed by atoms with Crippen molar-refractivity contribution in [1.29, 1.82) is 5.26 Å². The predicted octanol–water partition coefficient (Wildman–Crippen LogP) is 4.08. The van der Waals surface area contributed by atoms with Gasteiger partial charge in [0, 0.05) is 26.2 Å². The maximum atomic E-state index is 11.0. The molecule has 0 radical (unpaired) electrons. The van der Waals surface area contributed by atoms with Gasteiger partial charge in [0.05, 0.1) is 28.7 Å². The van der Waals surface area contributed by atoms with Crippen LogP contribution in [0.4, 0.5) is 0 Å². The maximum Gasteiger partial charge on any atom is 0.214 e. The molecule has 0 saturated heterocycles. The lowest BCUT2D eigenvalue weighted by Crippen LogP contribution is -2.29. The van der Waals surface area contributed by atoms with Gasteiger partial charge in [0.1, 0.15) is 22.8 Å². The minimum atomic E-state index is 0.392. The zero-order chi connectivity index (χ0) is 24.4. The highest BCUT2D eigenvalue weighted by Crippen LogP contribution is 2.27. The number of carbonyl (C=O) groups excluding carboxylic acids is 1. The van der Waals surface area contributed by atoms with Crippen molar-refractivity contribution in [2.75, 3.05) is 13.1 Å².